The first kappa shape index (κ1) is 20.3. The molecule has 4 aromatic heterocycles. The molecule has 0 bridgehead atoms. The van der Waals surface area contributed by atoms with Crippen molar-refractivity contribution in [3.63, 3.8) is 0 Å². The molecule has 1 aliphatic rings. The molecule has 1 fully saturated rings. The van der Waals surface area contributed by atoms with E-state index in [1.165, 1.54) is 19.3 Å². The third-order valence-electron chi connectivity index (χ3n) is 5.35. The Bertz CT molecular complexity index is 1180. The number of halogens is 2. The first-order chi connectivity index (χ1) is 14.6. The number of carbonyl (C=O) groups is 1. The number of amides is 1. The van der Waals surface area contributed by atoms with Crippen LogP contribution in [0.5, 0.6) is 0 Å². The Balaban J connectivity index is 0.000000503. The average molecular weight is 429 g/mol. The van der Waals surface area contributed by atoms with Crippen molar-refractivity contribution in [2.75, 3.05) is 7.05 Å². The Morgan fingerprint density at radius 1 is 1.23 bits per heavy atom. The number of H-pyrrole nitrogens is 1. The molecule has 0 aliphatic heterocycles. The Morgan fingerprint density at radius 2 is 2.00 bits per heavy atom. The molecule has 0 radical (unpaired) electrons. The van der Waals surface area contributed by atoms with Gasteiger partial charge in [-0.2, -0.15) is 0 Å². The van der Waals surface area contributed by atoms with E-state index in [0.717, 1.165) is 29.4 Å². The SMILES string of the molecule is CNC=O.Fc1cn(C2CCCCC2)c2nc(-c3c[nH]c4ncc(Cl)cc34)ncc12. The molecule has 0 atom stereocenters. The van der Waals surface area contributed by atoms with Gasteiger partial charge in [-0.3, -0.25) is 4.79 Å². The van der Waals surface area contributed by atoms with Crippen LogP contribution in [0.2, 0.25) is 5.02 Å². The molecule has 5 rings (SSSR count). The van der Waals surface area contributed by atoms with E-state index in [4.69, 9.17) is 21.4 Å². The molecule has 30 heavy (non-hydrogen) atoms. The number of pyridine rings is 1. The molecule has 156 valence electrons. The van der Waals surface area contributed by atoms with Crippen LogP contribution in [-0.4, -0.2) is 38.0 Å². The standard InChI is InChI=1S/C19H17ClFN5.C2H5NO/c20-11-6-13-14(8-23-17(13)22-7-11)18-24-9-15-16(21)10-26(19(15)25-18)12-4-2-1-3-5-12;1-3-2-4/h6-10,12H,1-5H2,(H,22,23);2H,1H3,(H,3,4). The minimum absolute atomic E-state index is 0.263. The second kappa shape index (κ2) is 8.79. The van der Waals surface area contributed by atoms with Gasteiger partial charge in [0, 0.05) is 48.8 Å². The quantitative estimate of drug-likeness (QED) is 0.465. The third kappa shape index (κ3) is 3.87. The fourth-order valence-corrected chi connectivity index (χ4v) is 4.08. The van der Waals surface area contributed by atoms with Gasteiger partial charge in [-0.05, 0) is 18.9 Å². The van der Waals surface area contributed by atoms with Crippen LogP contribution in [0.4, 0.5) is 4.39 Å². The van der Waals surface area contributed by atoms with Crippen LogP contribution in [-0.2, 0) is 4.79 Å². The summed E-state index contributed by atoms with van der Waals surface area (Å²) in [6.45, 7) is 0. The molecule has 1 aliphatic carbocycles. The van der Waals surface area contributed by atoms with E-state index in [9.17, 15) is 4.39 Å². The number of nitrogens with zero attached hydrogens (tertiary/aromatic N) is 4. The van der Waals surface area contributed by atoms with Crippen LogP contribution in [0.15, 0.2) is 30.9 Å². The van der Waals surface area contributed by atoms with Crippen molar-refractivity contribution in [2.24, 2.45) is 0 Å². The molecule has 4 aromatic rings. The molecular formula is C21H22ClFN6O. The average Bonchev–Trinajstić information content (AvgIpc) is 3.35. The van der Waals surface area contributed by atoms with E-state index in [0.29, 0.717) is 34.3 Å². The Labute approximate surface area is 177 Å². The van der Waals surface area contributed by atoms with Gasteiger partial charge in [-0.1, -0.05) is 30.9 Å². The van der Waals surface area contributed by atoms with Crippen molar-refractivity contribution in [2.45, 2.75) is 38.1 Å². The van der Waals surface area contributed by atoms with Gasteiger partial charge in [0.25, 0.3) is 0 Å². The van der Waals surface area contributed by atoms with Gasteiger partial charge >= 0.3 is 0 Å². The lowest BCUT2D eigenvalue weighted by molar-refractivity contribution is -0.109. The summed E-state index contributed by atoms with van der Waals surface area (Å²) in [6, 6.07) is 2.14. The Kier molecular flexibility index (Phi) is 5.94. The van der Waals surface area contributed by atoms with Gasteiger partial charge in [0.15, 0.2) is 11.6 Å². The molecule has 0 spiro atoms. The highest BCUT2D eigenvalue weighted by Crippen LogP contribution is 2.33. The molecule has 4 heterocycles. The van der Waals surface area contributed by atoms with Gasteiger partial charge in [0.05, 0.1) is 10.4 Å². The predicted molar refractivity (Wildman–Crippen MR) is 115 cm³/mol. The van der Waals surface area contributed by atoms with Crippen LogP contribution >= 0.6 is 11.6 Å². The van der Waals surface area contributed by atoms with Crippen LogP contribution < -0.4 is 5.32 Å². The highest BCUT2D eigenvalue weighted by Gasteiger charge is 2.21. The number of carbonyl (C=O) groups excluding carboxylic acids is 1. The summed E-state index contributed by atoms with van der Waals surface area (Å²) in [4.78, 5) is 25.6. The number of aromatic amines is 1. The molecular weight excluding hydrogens is 407 g/mol. The largest absolute Gasteiger partial charge is 0.362 e. The number of hydrogen-bond donors (Lipinski definition) is 2. The van der Waals surface area contributed by atoms with E-state index in [1.807, 2.05) is 16.8 Å². The number of rotatable bonds is 3. The Morgan fingerprint density at radius 3 is 2.73 bits per heavy atom. The number of fused-ring (bicyclic) bond motifs is 2. The van der Waals surface area contributed by atoms with Crippen molar-refractivity contribution >= 4 is 40.1 Å². The van der Waals surface area contributed by atoms with Crippen LogP contribution in [0.25, 0.3) is 33.5 Å². The number of nitrogens with one attached hydrogen (secondary N) is 2. The van der Waals surface area contributed by atoms with Crippen molar-refractivity contribution in [3.05, 3.63) is 41.7 Å². The van der Waals surface area contributed by atoms with E-state index < -0.39 is 0 Å². The maximum Gasteiger partial charge on any atom is 0.206 e. The molecule has 1 amide bonds. The first-order valence-electron chi connectivity index (χ1n) is 9.89. The number of hydrogen-bond acceptors (Lipinski definition) is 4. The smallest absolute Gasteiger partial charge is 0.206 e. The summed E-state index contributed by atoms with van der Waals surface area (Å²) in [5.41, 5.74) is 2.19. The summed E-state index contributed by atoms with van der Waals surface area (Å²) < 4.78 is 16.4. The molecule has 2 N–H and O–H groups in total. The monoisotopic (exact) mass is 428 g/mol. The third-order valence-corrected chi connectivity index (χ3v) is 5.55. The summed E-state index contributed by atoms with van der Waals surface area (Å²) >= 11 is 6.09. The van der Waals surface area contributed by atoms with E-state index >= 15 is 0 Å². The fraction of sp³-hybridized carbons (Fsp3) is 0.333. The topological polar surface area (TPSA) is 88.5 Å². The van der Waals surface area contributed by atoms with Gasteiger partial charge in [-0.25, -0.2) is 19.3 Å². The normalized spacial score (nSPS) is 14.5. The lowest BCUT2D eigenvalue weighted by Crippen LogP contribution is -2.12. The second-order valence-electron chi connectivity index (χ2n) is 7.27. The summed E-state index contributed by atoms with van der Waals surface area (Å²) in [6.07, 6.45) is 12.9. The van der Waals surface area contributed by atoms with Gasteiger partial charge < -0.3 is 14.9 Å². The zero-order valence-electron chi connectivity index (χ0n) is 16.5. The zero-order chi connectivity index (χ0) is 21.1. The van der Waals surface area contributed by atoms with E-state index in [1.54, 1.807) is 25.6 Å². The van der Waals surface area contributed by atoms with Gasteiger partial charge in [0.2, 0.25) is 6.41 Å². The van der Waals surface area contributed by atoms with Crippen molar-refractivity contribution < 1.29 is 9.18 Å². The first-order valence-corrected chi connectivity index (χ1v) is 10.3. The Hall–Kier alpha value is -3.00. The molecule has 0 unspecified atom stereocenters. The van der Waals surface area contributed by atoms with Crippen LogP contribution in [0.1, 0.15) is 38.1 Å². The molecule has 0 saturated heterocycles. The lowest BCUT2D eigenvalue weighted by Gasteiger charge is -2.23. The van der Waals surface area contributed by atoms with Crippen LogP contribution in [0, 0.1) is 5.82 Å². The minimum atomic E-state index is -0.263. The fourth-order valence-electron chi connectivity index (χ4n) is 3.92. The molecule has 7 nitrogen and oxygen atoms in total. The molecule has 0 aromatic carbocycles. The maximum atomic E-state index is 14.4. The second-order valence-corrected chi connectivity index (χ2v) is 7.70. The summed E-state index contributed by atoms with van der Waals surface area (Å²) in [7, 11) is 1.56. The maximum absolute atomic E-state index is 14.4. The lowest BCUT2D eigenvalue weighted by atomic mass is 9.95. The molecule has 9 heteroatoms. The van der Waals surface area contributed by atoms with Crippen molar-refractivity contribution in [3.8, 4) is 11.4 Å². The van der Waals surface area contributed by atoms with Crippen molar-refractivity contribution in [1.29, 1.82) is 0 Å². The van der Waals surface area contributed by atoms with Crippen molar-refractivity contribution in [1.82, 2.24) is 29.8 Å². The molecule has 1 saturated carbocycles. The highest BCUT2D eigenvalue weighted by atomic mass is 35.5. The van der Waals surface area contributed by atoms with Gasteiger partial charge in [0.1, 0.15) is 11.3 Å². The highest BCUT2D eigenvalue weighted by molar-refractivity contribution is 6.31. The van der Waals surface area contributed by atoms with Gasteiger partial charge in [-0.15, -0.1) is 0 Å². The zero-order valence-corrected chi connectivity index (χ0v) is 17.3. The summed E-state index contributed by atoms with van der Waals surface area (Å²) in [5, 5.41) is 4.12. The summed E-state index contributed by atoms with van der Waals surface area (Å²) in [5.74, 6) is 0.281. The van der Waals surface area contributed by atoms with E-state index in [2.05, 4.69) is 20.3 Å². The van der Waals surface area contributed by atoms with Crippen LogP contribution in [0.3, 0.4) is 0 Å². The van der Waals surface area contributed by atoms with E-state index in [-0.39, 0.29) is 5.82 Å². The number of aromatic nitrogens is 5. The minimum Gasteiger partial charge on any atom is -0.362 e. The predicted octanol–water partition coefficient (Wildman–Crippen LogP) is 4.63.